The normalized spacial score (nSPS) is 10.4. The van der Waals surface area contributed by atoms with Gasteiger partial charge in [0.2, 0.25) is 11.8 Å². The van der Waals surface area contributed by atoms with Gasteiger partial charge in [-0.3, -0.25) is 25.2 Å². The molecule has 2 aromatic rings. The highest BCUT2D eigenvalue weighted by Crippen LogP contribution is 2.23. The molecule has 29 heavy (non-hydrogen) atoms. The predicted octanol–water partition coefficient (Wildman–Crippen LogP) is 3.24. The van der Waals surface area contributed by atoms with E-state index in [0.29, 0.717) is 16.5 Å². The third-order valence-electron chi connectivity index (χ3n) is 4.00. The lowest BCUT2D eigenvalue weighted by Crippen LogP contribution is -2.41. The maximum absolute atomic E-state index is 12.0. The highest BCUT2D eigenvalue weighted by Gasteiger charge is 2.10. The van der Waals surface area contributed by atoms with Crippen LogP contribution in [0.4, 0.5) is 5.69 Å². The standard InChI is InChI=1S/C21H22ClN3O4/c1-14-16(22)7-5-8-17(14)23-19(26)12-13-21(28)25-24-20(27)11-10-15-6-3-4-9-18(15)29-2/h3-11H,12-13H2,1-2H3,(H,23,26)(H,24,27)(H,25,28)/b11-10+. The van der Waals surface area contributed by atoms with Crippen LogP contribution in [0.15, 0.2) is 48.5 Å². The van der Waals surface area contributed by atoms with E-state index < -0.39 is 11.8 Å². The van der Waals surface area contributed by atoms with E-state index in [4.69, 9.17) is 16.3 Å². The SMILES string of the molecule is COc1ccccc1/C=C/C(=O)NNC(=O)CCC(=O)Nc1cccc(Cl)c1C. The maximum Gasteiger partial charge on any atom is 0.262 e. The Morgan fingerprint density at radius 2 is 1.72 bits per heavy atom. The molecule has 7 nitrogen and oxygen atoms in total. The number of anilines is 1. The molecule has 0 aliphatic rings. The van der Waals surface area contributed by atoms with Crippen molar-refractivity contribution in [3.63, 3.8) is 0 Å². The fourth-order valence-corrected chi connectivity index (χ4v) is 2.56. The summed E-state index contributed by atoms with van der Waals surface area (Å²) in [6.07, 6.45) is 2.72. The summed E-state index contributed by atoms with van der Waals surface area (Å²) in [4.78, 5) is 35.6. The molecule has 2 rings (SSSR count). The van der Waals surface area contributed by atoms with Gasteiger partial charge in [0.1, 0.15) is 5.75 Å². The van der Waals surface area contributed by atoms with Crippen LogP contribution in [0.25, 0.3) is 6.08 Å². The number of para-hydroxylation sites is 1. The van der Waals surface area contributed by atoms with E-state index in [-0.39, 0.29) is 18.7 Å². The number of halogens is 1. The molecule has 0 aliphatic heterocycles. The summed E-state index contributed by atoms with van der Waals surface area (Å²) in [7, 11) is 1.54. The average molecular weight is 416 g/mol. The van der Waals surface area contributed by atoms with Crippen LogP contribution in [0.3, 0.4) is 0 Å². The van der Waals surface area contributed by atoms with Gasteiger partial charge in [0.15, 0.2) is 0 Å². The van der Waals surface area contributed by atoms with Crippen LogP contribution in [0.5, 0.6) is 5.75 Å². The smallest absolute Gasteiger partial charge is 0.262 e. The Kier molecular flexibility index (Phi) is 8.24. The van der Waals surface area contributed by atoms with E-state index in [1.54, 1.807) is 43.3 Å². The summed E-state index contributed by atoms with van der Waals surface area (Å²) in [5.74, 6) is -0.695. The second-order valence-corrected chi connectivity index (χ2v) is 6.48. The number of carbonyl (C=O) groups excluding carboxylic acids is 3. The van der Waals surface area contributed by atoms with Crippen molar-refractivity contribution < 1.29 is 19.1 Å². The van der Waals surface area contributed by atoms with Crippen LogP contribution >= 0.6 is 11.6 Å². The number of nitrogens with one attached hydrogen (secondary N) is 3. The van der Waals surface area contributed by atoms with E-state index in [1.165, 1.54) is 13.2 Å². The Bertz CT molecular complexity index is 928. The van der Waals surface area contributed by atoms with Crippen LogP contribution < -0.4 is 20.9 Å². The molecule has 0 heterocycles. The quantitative estimate of drug-likeness (QED) is 0.477. The lowest BCUT2D eigenvalue weighted by atomic mass is 10.2. The minimum Gasteiger partial charge on any atom is -0.496 e. The van der Waals surface area contributed by atoms with Gasteiger partial charge in [-0.05, 0) is 36.8 Å². The van der Waals surface area contributed by atoms with Crippen molar-refractivity contribution in [1.82, 2.24) is 10.9 Å². The minimum absolute atomic E-state index is 0.0370. The van der Waals surface area contributed by atoms with Gasteiger partial charge < -0.3 is 10.1 Å². The summed E-state index contributed by atoms with van der Waals surface area (Å²) in [5, 5.41) is 3.25. The molecule has 0 atom stereocenters. The molecule has 152 valence electrons. The number of amides is 3. The number of ether oxygens (including phenoxy) is 1. The van der Waals surface area contributed by atoms with Gasteiger partial charge in [-0.2, -0.15) is 0 Å². The Labute approximate surface area is 174 Å². The number of hydrazine groups is 1. The lowest BCUT2D eigenvalue weighted by molar-refractivity contribution is -0.128. The molecular formula is C21H22ClN3O4. The van der Waals surface area contributed by atoms with Gasteiger partial charge in [0, 0.05) is 35.2 Å². The first-order valence-corrected chi connectivity index (χ1v) is 9.23. The molecule has 0 radical (unpaired) electrons. The average Bonchev–Trinajstić information content (AvgIpc) is 2.72. The van der Waals surface area contributed by atoms with Crippen molar-refractivity contribution in [3.05, 3.63) is 64.7 Å². The molecule has 0 aliphatic carbocycles. The second-order valence-electron chi connectivity index (χ2n) is 6.07. The molecule has 3 N–H and O–H groups in total. The third-order valence-corrected chi connectivity index (χ3v) is 4.41. The number of carbonyl (C=O) groups is 3. The monoisotopic (exact) mass is 415 g/mol. The van der Waals surface area contributed by atoms with Crippen LogP contribution in [0.1, 0.15) is 24.0 Å². The van der Waals surface area contributed by atoms with Crippen molar-refractivity contribution in [1.29, 1.82) is 0 Å². The van der Waals surface area contributed by atoms with E-state index in [0.717, 1.165) is 11.1 Å². The first-order valence-electron chi connectivity index (χ1n) is 8.85. The van der Waals surface area contributed by atoms with Crippen molar-refractivity contribution in [2.24, 2.45) is 0 Å². The van der Waals surface area contributed by atoms with Gasteiger partial charge in [0.05, 0.1) is 7.11 Å². The molecular weight excluding hydrogens is 394 g/mol. The molecule has 3 amide bonds. The van der Waals surface area contributed by atoms with Gasteiger partial charge in [0.25, 0.3) is 5.91 Å². The summed E-state index contributed by atoms with van der Waals surface area (Å²) < 4.78 is 5.19. The zero-order valence-electron chi connectivity index (χ0n) is 16.1. The number of hydrogen-bond donors (Lipinski definition) is 3. The molecule has 8 heteroatoms. The van der Waals surface area contributed by atoms with E-state index in [1.807, 2.05) is 12.1 Å². The molecule has 0 saturated carbocycles. The molecule has 0 bridgehead atoms. The molecule has 0 unspecified atom stereocenters. The second kappa shape index (κ2) is 10.9. The van der Waals surface area contributed by atoms with Gasteiger partial charge >= 0.3 is 0 Å². The first-order chi connectivity index (χ1) is 13.9. The number of hydrogen-bond acceptors (Lipinski definition) is 4. The molecule has 0 fully saturated rings. The van der Waals surface area contributed by atoms with Crippen LogP contribution in [0, 0.1) is 6.92 Å². The molecule has 2 aromatic carbocycles. The van der Waals surface area contributed by atoms with E-state index >= 15 is 0 Å². The third kappa shape index (κ3) is 6.97. The summed E-state index contributed by atoms with van der Waals surface area (Å²) >= 11 is 6.01. The largest absolute Gasteiger partial charge is 0.496 e. The molecule has 0 saturated heterocycles. The summed E-state index contributed by atoms with van der Waals surface area (Å²) in [6.45, 7) is 1.79. The topological polar surface area (TPSA) is 96.5 Å². The Morgan fingerprint density at radius 3 is 2.48 bits per heavy atom. The Balaban J connectivity index is 1.75. The predicted molar refractivity (Wildman–Crippen MR) is 112 cm³/mol. The fraction of sp³-hybridized carbons (Fsp3) is 0.190. The van der Waals surface area contributed by atoms with Gasteiger partial charge in [-0.1, -0.05) is 35.9 Å². The van der Waals surface area contributed by atoms with Gasteiger partial charge in [-0.15, -0.1) is 0 Å². The lowest BCUT2D eigenvalue weighted by Gasteiger charge is -2.09. The zero-order valence-corrected chi connectivity index (χ0v) is 16.9. The van der Waals surface area contributed by atoms with E-state index in [9.17, 15) is 14.4 Å². The van der Waals surface area contributed by atoms with Crippen LogP contribution in [0.2, 0.25) is 5.02 Å². The Hall–Kier alpha value is -3.32. The van der Waals surface area contributed by atoms with Crippen molar-refractivity contribution in [2.75, 3.05) is 12.4 Å². The van der Waals surface area contributed by atoms with Crippen LogP contribution in [-0.2, 0) is 14.4 Å². The molecule has 0 spiro atoms. The van der Waals surface area contributed by atoms with Gasteiger partial charge in [-0.25, -0.2) is 0 Å². The van der Waals surface area contributed by atoms with E-state index in [2.05, 4.69) is 16.2 Å². The maximum atomic E-state index is 12.0. The first kappa shape index (κ1) is 22.0. The summed E-state index contributed by atoms with van der Waals surface area (Å²) in [5.41, 5.74) is 6.60. The van der Waals surface area contributed by atoms with Crippen molar-refractivity contribution in [3.8, 4) is 5.75 Å². The summed E-state index contributed by atoms with van der Waals surface area (Å²) in [6, 6.07) is 12.4. The number of benzene rings is 2. The minimum atomic E-state index is -0.511. The number of methoxy groups -OCH3 is 1. The highest BCUT2D eigenvalue weighted by molar-refractivity contribution is 6.31. The van der Waals surface area contributed by atoms with Crippen molar-refractivity contribution in [2.45, 2.75) is 19.8 Å². The Morgan fingerprint density at radius 1 is 1.00 bits per heavy atom. The molecule has 0 aromatic heterocycles. The zero-order chi connectivity index (χ0) is 21.2. The van der Waals surface area contributed by atoms with Crippen molar-refractivity contribution >= 4 is 41.1 Å². The fourth-order valence-electron chi connectivity index (χ4n) is 2.39. The highest BCUT2D eigenvalue weighted by atomic mass is 35.5. The van der Waals surface area contributed by atoms with Crippen LogP contribution in [-0.4, -0.2) is 24.8 Å². The number of rotatable bonds is 7.